The molecule has 7 heteroatoms. The van der Waals surface area contributed by atoms with Gasteiger partial charge in [-0.1, -0.05) is 18.0 Å². The summed E-state index contributed by atoms with van der Waals surface area (Å²) in [6, 6.07) is 7.64. The summed E-state index contributed by atoms with van der Waals surface area (Å²) in [6.45, 7) is 4.21. The number of carbonyl (C=O) groups excluding carboxylic acids is 2. The van der Waals surface area contributed by atoms with Crippen molar-refractivity contribution in [3.8, 4) is 11.4 Å². The molecule has 2 aliphatic rings. The molecule has 6 nitrogen and oxygen atoms in total. The highest BCUT2D eigenvalue weighted by Gasteiger charge is 2.32. The van der Waals surface area contributed by atoms with Gasteiger partial charge in [-0.25, -0.2) is 4.98 Å². The lowest BCUT2D eigenvalue weighted by molar-refractivity contribution is -0.149. The van der Waals surface area contributed by atoms with Gasteiger partial charge < -0.3 is 14.2 Å². The van der Waals surface area contributed by atoms with Crippen LogP contribution in [0.15, 0.2) is 24.3 Å². The highest BCUT2D eigenvalue weighted by atomic mass is 35.5. The summed E-state index contributed by atoms with van der Waals surface area (Å²) in [5.74, 6) is 0.555. The smallest absolute Gasteiger partial charge is 0.309 e. The maximum atomic E-state index is 13.4. The van der Waals surface area contributed by atoms with Gasteiger partial charge >= 0.3 is 5.97 Å². The SMILES string of the molecule is CCOC(=O)C1CCN(C(=O)c2nc(-c3ccc(Cl)cc3)n3c2CCCCC3)CC1. The number of esters is 1. The van der Waals surface area contributed by atoms with E-state index < -0.39 is 0 Å². The Balaban J connectivity index is 1.59. The van der Waals surface area contributed by atoms with Crippen LogP contribution in [0.25, 0.3) is 11.4 Å². The number of imidazole rings is 1. The standard InChI is InChI=1S/C23H28ClN3O3/c1-2-30-23(29)17-11-14-26(15-12-17)22(28)20-19-6-4-3-5-13-27(19)21(25-20)16-7-9-18(24)10-8-16/h7-10,17H,2-6,11-15H2,1H3. The van der Waals surface area contributed by atoms with Crippen molar-refractivity contribution in [2.24, 2.45) is 5.92 Å². The van der Waals surface area contributed by atoms with Gasteiger partial charge in [0.05, 0.1) is 18.2 Å². The molecule has 0 saturated carbocycles. The quantitative estimate of drug-likeness (QED) is 0.678. The number of hydrogen-bond donors (Lipinski definition) is 0. The molecule has 0 atom stereocenters. The Kier molecular flexibility index (Phi) is 6.42. The summed E-state index contributed by atoms with van der Waals surface area (Å²) < 4.78 is 7.36. The van der Waals surface area contributed by atoms with E-state index in [9.17, 15) is 9.59 Å². The van der Waals surface area contributed by atoms with E-state index in [0.717, 1.165) is 49.3 Å². The number of amides is 1. The molecule has 0 radical (unpaired) electrons. The Labute approximate surface area is 182 Å². The molecule has 0 bridgehead atoms. The third-order valence-electron chi connectivity index (χ3n) is 6.07. The van der Waals surface area contributed by atoms with Crippen molar-refractivity contribution in [3.05, 3.63) is 40.7 Å². The zero-order chi connectivity index (χ0) is 21.1. The molecule has 4 rings (SSSR count). The zero-order valence-corrected chi connectivity index (χ0v) is 18.2. The number of nitrogens with zero attached hydrogens (tertiary/aromatic N) is 3. The summed E-state index contributed by atoms with van der Waals surface area (Å²) >= 11 is 6.06. The van der Waals surface area contributed by atoms with E-state index in [2.05, 4.69) is 4.57 Å². The van der Waals surface area contributed by atoms with Crippen LogP contribution >= 0.6 is 11.6 Å². The highest BCUT2D eigenvalue weighted by Crippen LogP contribution is 2.29. The second kappa shape index (κ2) is 9.21. The van der Waals surface area contributed by atoms with Crippen LogP contribution in [0.2, 0.25) is 5.02 Å². The molecule has 0 aliphatic carbocycles. The molecule has 0 spiro atoms. The van der Waals surface area contributed by atoms with Crippen molar-refractivity contribution in [1.29, 1.82) is 0 Å². The Morgan fingerprint density at radius 1 is 1.10 bits per heavy atom. The summed E-state index contributed by atoms with van der Waals surface area (Å²) in [5.41, 5.74) is 2.58. The number of fused-ring (bicyclic) bond motifs is 1. The molecular formula is C23H28ClN3O3. The van der Waals surface area contributed by atoms with Crippen LogP contribution < -0.4 is 0 Å². The maximum absolute atomic E-state index is 13.4. The van der Waals surface area contributed by atoms with Crippen molar-refractivity contribution in [2.45, 2.75) is 52.0 Å². The number of aromatic nitrogens is 2. The molecule has 160 valence electrons. The Hall–Kier alpha value is -2.34. The minimum absolute atomic E-state index is 0.0248. The summed E-state index contributed by atoms with van der Waals surface area (Å²) in [5, 5.41) is 0.683. The van der Waals surface area contributed by atoms with Gasteiger partial charge in [0.15, 0.2) is 0 Å². The van der Waals surface area contributed by atoms with Crippen LogP contribution in [0.5, 0.6) is 0 Å². The van der Waals surface area contributed by atoms with Gasteiger partial charge in [0, 0.05) is 30.2 Å². The average Bonchev–Trinajstić information content (AvgIpc) is 2.95. The summed E-state index contributed by atoms with van der Waals surface area (Å²) in [4.78, 5) is 32.1. The molecule has 1 aromatic carbocycles. The van der Waals surface area contributed by atoms with Crippen LogP contribution in [0.1, 0.15) is 55.2 Å². The summed E-state index contributed by atoms with van der Waals surface area (Å²) in [7, 11) is 0. The number of piperidine rings is 1. The van der Waals surface area contributed by atoms with Crippen LogP contribution in [0.4, 0.5) is 0 Å². The van der Waals surface area contributed by atoms with Gasteiger partial charge in [-0.15, -0.1) is 0 Å². The van der Waals surface area contributed by atoms with Gasteiger partial charge in [-0.2, -0.15) is 0 Å². The predicted octanol–water partition coefficient (Wildman–Crippen LogP) is 4.35. The van der Waals surface area contributed by atoms with Crippen LogP contribution in [0.3, 0.4) is 0 Å². The molecule has 1 aromatic heterocycles. The van der Waals surface area contributed by atoms with Gasteiger partial charge in [0.1, 0.15) is 11.5 Å². The second-order valence-electron chi connectivity index (χ2n) is 8.02. The molecule has 1 amide bonds. The molecule has 30 heavy (non-hydrogen) atoms. The van der Waals surface area contributed by atoms with Crippen molar-refractivity contribution in [3.63, 3.8) is 0 Å². The number of halogens is 1. The van der Waals surface area contributed by atoms with Gasteiger partial charge in [-0.3, -0.25) is 9.59 Å². The highest BCUT2D eigenvalue weighted by molar-refractivity contribution is 6.30. The molecule has 2 aliphatic heterocycles. The largest absolute Gasteiger partial charge is 0.466 e. The second-order valence-corrected chi connectivity index (χ2v) is 8.45. The van der Waals surface area contributed by atoms with E-state index in [-0.39, 0.29) is 17.8 Å². The number of likely N-dealkylation sites (tertiary alicyclic amines) is 1. The monoisotopic (exact) mass is 429 g/mol. The number of carbonyl (C=O) groups is 2. The average molecular weight is 430 g/mol. The number of hydrogen-bond acceptors (Lipinski definition) is 4. The fourth-order valence-electron chi connectivity index (χ4n) is 4.44. The topological polar surface area (TPSA) is 64.4 Å². The number of benzene rings is 1. The maximum Gasteiger partial charge on any atom is 0.309 e. The van der Waals surface area contributed by atoms with Crippen molar-refractivity contribution >= 4 is 23.5 Å². The fourth-order valence-corrected chi connectivity index (χ4v) is 4.56. The normalized spacial score (nSPS) is 17.3. The number of ether oxygens (including phenoxy) is 1. The lowest BCUT2D eigenvalue weighted by Crippen LogP contribution is -2.41. The first-order chi connectivity index (χ1) is 14.6. The van der Waals surface area contributed by atoms with Crippen molar-refractivity contribution < 1.29 is 14.3 Å². The zero-order valence-electron chi connectivity index (χ0n) is 17.4. The molecule has 1 saturated heterocycles. The van der Waals surface area contributed by atoms with Crippen molar-refractivity contribution in [1.82, 2.24) is 14.5 Å². The molecule has 3 heterocycles. The third kappa shape index (κ3) is 4.24. The molecular weight excluding hydrogens is 402 g/mol. The van der Waals surface area contributed by atoms with Crippen LogP contribution in [0, 0.1) is 5.92 Å². The lowest BCUT2D eigenvalue weighted by atomic mass is 9.96. The first-order valence-corrected chi connectivity index (χ1v) is 11.3. The van der Waals surface area contributed by atoms with Gasteiger partial charge in [0.25, 0.3) is 5.91 Å². The van der Waals surface area contributed by atoms with E-state index in [4.69, 9.17) is 21.3 Å². The molecule has 2 aromatic rings. The Morgan fingerprint density at radius 3 is 2.53 bits per heavy atom. The van der Waals surface area contributed by atoms with Crippen LogP contribution in [-0.4, -0.2) is 46.0 Å². The van der Waals surface area contributed by atoms with Crippen molar-refractivity contribution in [2.75, 3.05) is 19.7 Å². The molecule has 1 fully saturated rings. The van der Waals surface area contributed by atoms with E-state index in [1.807, 2.05) is 36.1 Å². The first-order valence-electron chi connectivity index (χ1n) is 10.9. The molecule has 0 unspecified atom stereocenters. The first kappa shape index (κ1) is 20.9. The predicted molar refractivity (Wildman–Crippen MR) is 115 cm³/mol. The van der Waals surface area contributed by atoms with Gasteiger partial charge in [-0.05, 0) is 63.3 Å². The summed E-state index contributed by atoms with van der Waals surface area (Å²) in [6.07, 6.45) is 5.45. The van der Waals surface area contributed by atoms with E-state index in [1.165, 1.54) is 0 Å². The number of rotatable bonds is 4. The minimum atomic E-state index is -0.148. The van der Waals surface area contributed by atoms with Gasteiger partial charge in [0.2, 0.25) is 0 Å². The fraction of sp³-hybridized carbons (Fsp3) is 0.522. The Bertz CT molecular complexity index is 915. The van der Waals surface area contributed by atoms with E-state index in [0.29, 0.717) is 43.3 Å². The van der Waals surface area contributed by atoms with E-state index in [1.54, 1.807) is 0 Å². The lowest BCUT2D eigenvalue weighted by Gasteiger charge is -2.30. The van der Waals surface area contributed by atoms with E-state index >= 15 is 0 Å². The molecule has 0 N–H and O–H groups in total. The third-order valence-corrected chi connectivity index (χ3v) is 6.33. The van der Waals surface area contributed by atoms with Crippen LogP contribution in [-0.2, 0) is 22.5 Å². The minimum Gasteiger partial charge on any atom is -0.466 e. The Morgan fingerprint density at radius 2 is 1.83 bits per heavy atom.